The lowest BCUT2D eigenvalue weighted by atomic mass is 12.0. The van der Waals surface area contributed by atoms with Crippen LogP contribution >= 0.6 is 23.2 Å². The first-order valence-corrected chi connectivity index (χ1v) is 7.58. The average Bonchev–Trinajstić information content (AvgIpc) is 1.43. The van der Waals surface area contributed by atoms with Crippen molar-refractivity contribution in [1.29, 1.82) is 0 Å². The Bertz CT molecular complexity index is 277. The summed E-state index contributed by atoms with van der Waals surface area (Å²) >= 11 is 0. The molecule has 0 aromatic carbocycles. The zero-order chi connectivity index (χ0) is 10.9. The van der Waals surface area contributed by atoms with Crippen LogP contribution in [0.1, 0.15) is 0 Å². The predicted molar refractivity (Wildman–Crippen MR) is 39.8 cm³/mol. The molecule has 0 aliphatic rings. The maximum atomic E-state index is 10.8. The lowest BCUT2D eigenvalue weighted by Crippen LogP contribution is -1.91. The molecule has 0 saturated heterocycles. The van der Waals surface area contributed by atoms with Crippen molar-refractivity contribution in [1.82, 2.24) is 0 Å². The van der Waals surface area contributed by atoms with Gasteiger partial charge in [-0.15, -0.1) is 0 Å². The van der Waals surface area contributed by atoms with Crippen molar-refractivity contribution in [3.8, 4) is 0 Å². The Morgan fingerprint density at radius 3 is 1.23 bits per heavy atom. The molecule has 0 spiro atoms. The quantitative estimate of drug-likeness (QED) is 0.510. The molecule has 4 N–H and O–H groups in total. The van der Waals surface area contributed by atoms with Crippen LogP contribution in [0.3, 0.4) is 0 Å². The summed E-state index contributed by atoms with van der Waals surface area (Å²) in [5.41, 5.74) is 0. The second-order valence-corrected chi connectivity index (χ2v) is 6.73. The molecule has 9 nitrogen and oxygen atoms in total. The SMILES string of the molecule is CP(=O)(OP(=O)(O)O)OP(=O)(O)O. The van der Waals surface area contributed by atoms with E-state index in [2.05, 4.69) is 8.62 Å². The van der Waals surface area contributed by atoms with Gasteiger partial charge in [0.1, 0.15) is 0 Å². The molecular weight excluding hydrogens is 249 g/mol. The Balaban J connectivity index is 4.54. The first-order valence-electron chi connectivity index (χ1n) is 2.53. The summed E-state index contributed by atoms with van der Waals surface area (Å²) in [4.78, 5) is 32.5. The molecule has 0 aliphatic carbocycles. The molecule has 0 bridgehead atoms. The summed E-state index contributed by atoms with van der Waals surface area (Å²) in [6.45, 7) is 0.519. The number of hydrogen-bond acceptors (Lipinski definition) is 5. The monoisotopic (exact) mass is 256 g/mol. The Labute approximate surface area is 72.7 Å². The standard InChI is InChI=1S/CH7O9P3/c1-11(2,9-12(3,4)5)10-13(6,7)8/h1H3,(H2,3,4,5)(H2,6,7,8). The highest BCUT2D eigenvalue weighted by Gasteiger charge is 2.35. The van der Waals surface area contributed by atoms with Crippen molar-refractivity contribution in [2.24, 2.45) is 0 Å². The molecule has 13 heavy (non-hydrogen) atoms. The Kier molecular flexibility index (Phi) is 4.04. The number of phosphoric acid groups is 2. The number of rotatable bonds is 4. The number of hydrogen-bond donors (Lipinski definition) is 4. The van der Waals surface area contributed by atoms with Gasteiger partial charge in [0.25, 0.3) is 0 Å². The van der Waals surface area contributed by atoms with Crippen molar-refractivity contribution in [3.05, 3.63) is 0 Å². The van der Waals surface area contributed by atoms with E-state index < -0.39 is 23.2 Å². The van der Waals surface area contributed by atoms with E-state index in [9.17, 15) is 13.7 Å². The van der Waals surface area contributed by atoms with Gasteiger partial charge in [0.2, 0.25) is 0 Å². The topological polar surface area (TPSA) is 151 Å². The molecule has 0 aromatic rings. The van der Waals surface area contributed by atoms with Crippen molar-refractivity contribution >= 4 is 23.2 Å². The second-order valence-electron chi connectivity index (χ2n) is 1.92. The van der Waals surface area contributed by atoms with Gasteiger partial charge in [-0.3, -0.25) is 4.57 Å². The molecule has 0 heterocycles. The zero-order valence-corrected chi connectivity index (χ0v) is 8.86. The second kappa shape index (κ2) is 3.90. The molecule has 0 atom stereocenters. The van der Waals surface area contributed by atoms with E-state index in [0.717, 1.165) is 0 Å². The van der Waals surface area contributed by atoms with Crippen molar-refractivity contribution in [2.75, 3.05) is 6.66 Å². The molecule has 0 amide bonds. The van der Waals surface area contributed by atoms with Gasteiger partial charge in [-0.25, -0.2) is 17.8 Å². The highest BCUT2D eigenvalue weighted by molar-refractivity contribution is 7.69. The van der Waals surface area contributed by atoms with Crippen LogP contribution in [0.2, 0.25) is 0 Å². The maximum absolute atomic E-state index is 10.8. The highest BCUT2D eigenvalue weighted by Crippen LogP contribution is 2.64. The molecule has 0 rings (SSSR count). The fourth-order valence-electron chi connectivity index (χ4n) is 0.401. The summed E-state index contributed by atoms with van der Waals surface area (Å²) in [5.74, 6) is 0. The van der Waals surface area contributed by atoms with Crippen molar-refractivity contribution < 1.29 is 41.9 Å². The van der Waals surface area contributed by atoms with Crippen LogP contribution in [0, 0.1) is 0 Å². The van der Waals surface area contributed by atoms with Crippen molar-refractivity contribution in [2.45, 2.75) is 0 Å². The van der Waals surface area contributed by atoms with Gasteiger partial charge >= 0.3 is 23.2 Å². The molecule has 0 radical (unpaired) electrons. The van der Waals surface area contributed by atoms with Crippen LogP contribution in [0.15, 0.2) is 0 Å². The van der Waals surface area contributed by atoms with Crippen LogP contribution in [0.5, 0.6) is 0 Å². The van der Waals surface area contributed by atoms with Gasteiger partial charge in [0.05, 0.1) is 0 Å². The largest absolute Gasteiger partial charge is 0.476 e. The zero-order valence-electron chi connectivity index (χ0n) is 6.17. The summed E-state index contributed by atoms with van der Waals surface area (Å²) in [6, 6.07) is 0. The smallest absolute Gasteiger partial charge is 0.302 e. The van der Waals surface area contributed by atoms with E-state index in [0.29, 0.717) is 6.66 Å². The molecular formula is CH7O9P3. The predicted octanol–water partition coefficient (Wildman–Crippen LogP) is 0.0279. The van der Waals surface area contributed by atoms with E-state index in [1.807, 2.05) is 0 Å². The third kappa shape index (κ3) is 8.77. The van der Waals surface area contributed by atoms with E-state index in [-0.39, 0.29) is 0 Å². The molecule has 0 aromatic heterocycles. The van der Waals surface area contributed by atoms with Gasteiger partial charge in [-0.1, -0.05) is 0 Å². The first-order chi connectivity index (χ1) is 5.41. The minimum absolute atomic E-state index is 0.519. The first kappa shape index (κ1) is 13.4. The Morgan fingerprint density at radius 2 is 1.08 bits per heavy atom. The fraction of sp³-hybridized carbons (Fsp3) is 1.00. The molecule has 12 heteroatoms. The normalized spacial score (nSPS) is 14.5. The highest BCUT2D eigenvalue weighted by atomic mass is 31.3. The summed E-state index contributed by atoms with van der Waals surface area (Å²) in [6.07, 6.45) is 0. The van der Waals surface area contributed by atoms with Crippen LogP contribution in [0.4, 0.5) is 0 Å². The molecule has 80 valence electrons. The summed E-state index contributed by atoms with van der Waals surface area (Å²) in [5, 5.41) is 0. The van der Waals surface area contributed by atoms with Gasteiger partial charge in [0.15, 0.2) is 0 Å². The average molecular weight is 256 g/mol. The van der Waals surface area contributed by atoms with Gasteiger partial charge in [-0.2, -0.15) is 0 Å². The van der Waals surface area contributed by atoms with Gasteiger partial charge in [-0.05, 0) is 0 Å². The molecule has 0 saturated carbocycles. The minimum Gasteiger partial charge on any atom is -0.302 e. The van der Waals surface area contributed by atoms with Crippen LogP contribution in [-0.2, 0) is 22.3 Å². The van der Waals surface area contributed by atoms with Crippen molar-refractivity contribution in [3.63, 3.8) is 0 Å². The lowest BCUT2D eigenvalue weighted by molar-refractivity contribution is 0.243. The summed E-state index contributed by atoms with van der Waals surface area (Å²) < 4.78 is 38.0. The van der Waals surface area contributed by atoms with E-state index >= 15 is 0 Å². The van der Waals surface area contributed by atoms with E-state index in [4.69, 9.17) is 19.6 Å². The van der Waals surface area contributed by atoms with E-state index in [1.165, 1.54) is 0 Å². The molecule has 0 fully saturated rings. The maximum Gasteiger partial charge on any atom is 0.476 e. The van der Waals surface area contributed by atoms with Crippen LogP contribution in [0.25, 0.3) is 0 Å². The Morgan fingerprint density at radius 1 is 0.846 bits per heavy atom. The molecule has 0 unspecified atom stereocenters. The van der Waals surface area contributed by atoms with Crippen LogP contribution < -0.4 is 0 Å². The lowest BCUT2D eigenvalue weighted by Gasteiger charge is -2.14. The summed E-state index contributed by atoms with van der Waals surface area (Å²) in [7, 11) is -14.7. The third-order valence-electron chi connectivity index (χ3n) is 0.509. The van der Waals surface area contributed by atoms with Gasteiger partial charge < -0.3 is 19.6 Å². The molecule has 0 aliphatic heterocycles. The fourth-order valence-corrected chi connectivity index (χ4v) is 3.88. The van der Waals surface area contributed by atoms with E-state index in [1.54, 1.807) is 0 Å². The third-order valence-corrected chi connectivity index (χ3v) is 4.58. The minimum atomic E-state index is -5.10. The Hall–Kier alpha value is 0.450. The van der Waals surface area contributed by atoms with Gasteiger partial charge in [0, 0.05) is 6.66 Å². The van der Waals surface area contributed by atoms with Crippen LogP contribution in [-0.4, -0.2) is 26.2 Å².